The average Bonchev–Trinajstić information content (AvgIpc) is 2.28. The molecule has 1 N–H and O–H groups in total. The van der Waals surface area contributed by atoms with Gasteiger partial charge in [0, 0.05) is 25.7 Å². The maximum absolute atomic E-state index is 5.24. The molecule has 0 saturated heterocycles. The molecule has 2 unspecified atom stereocenters. The van der Waals surface area contributed by atoms with E-state index in [1.807, 2.05) is 0 Å². The lowest BCUT2D eigenvalue weighted by molar-refractivity contribution is 0.0713. The van der Waals surface area contributed by atoms with Gasteiger partial charge in [-0.1, -0.05) is 20.8 Å². The Kier molecular flexibility index (Phi) is 9.99. The Hall–Kier alpha value is -0.120. The summed E-state index contributed by atoms with van der Waals surface area (Å²) in [4.78, 5) is 2.53. The van der Waals surface area contributed by atoms with Crippen LogP contribution in [0.5, 0.6) is 0 Å². The van der Waals surface area contributed by atoms with Gasteiger partial charge in [0.25, 0.3) is 0 Å². The van der Waals surface area contributed by atoms with Gasteiger partial charge in [0.2, 0.25) is 0 Å². The largest absolute Gasteiger partial charge is 0.383 e. The average molecular weight is 230 g/mol. The van der Waals surface area contributed by atoms with E-state index in [0.717, 1.165) is 26.2 Å². The Bertz CT molecular complexity index is 153. The summed E-state index contributed by atoms with van der Waals surface area (Å²) in [7, 11) is 1.78. The Morgan fingerprint density at radius 3 is 2.38 bits per heavy atom. The monoisotopic (exact) mass is 230 g/mol. The summed E-state index contributed by atoms with van der Waals surface area (Å²) < 4.78 is 5.24. The van der Waals surface area contributed by atoms with E-state index in [9.17, 15) is 0 Å². The van der Waals surface area contributed by atoms with Gasteiger partial charge in [0.1, 0.15) is 0 Å². The predicted octanol–water partition coefficient (Wildman–Crippen LogP) is 2.12. The number of nitrogens with one attached hydrogen (secondary N) is 1. The Balaban J connectivity index is 4.14. The van der Waals surface area contributed by atoms with Crippen LogP contribution in [0.4, 0.5) is 0 Å². The molecule has 0 saturated carbocycles. The minimum Gasteiger partial charge on any atom is -0.383 e. The van der Waals surface area contributed by atoms with Crippen LogP contribution in [-0.4, -0.2) is 50.3 Å². The van der Waals surface area contributed by atoms with Crippen LogP contribution in [0.15, 0.2) is 0 Å². The number of likely N-dealkylation sites (N-methyl/N-ethyl adjacent to an activating group) is 1. The van der Waals surface area contributed by atoms with Crippen LogP contribution < -0.4 is 5.32 Å². The third kappa shape index (κ3) is 5.83. The highest BCUT2D eigenvalue weighted by atomic mass is 16.5. The molecular weight excluding hydrogens is 200 g/mol. The first-order chi connectivity index (χ1) is 7.71. The molecule has 0 spiro atoms. The first kappa shape index (κ1) is 15.9. The van der Waals surface area contributed by atoms with Gasteiger partial charge in [-0.25, -0.2) is 0 Å². The molecule has 3 heteroatoms. The normalized spacial score (nSPS) is 15.4. The van der Waals surface area contributed by atoms with Crippen LogP contribution in [0.3, 0.4) is 0 Å². The predicted molar refractivity (Wildman–Crippen MR) is 71.0 cm³/mol. The van der Waals surface area contributed by atoms with E-state index in [0.29, 0.717) is 12.1 Å². The van der Waals surface area contributed by atoms with Crippen LogP contribution in [0.25, 0.3) is 0 Å². The van der Waals surface area contributed by atoms with Gasteiger partial charge in [-0.05, 0) is 32.9 Å². The zero-order valence-corrected chi connectivity index (χ0v) is 11.8. The molecule has 16 heavy (non-hydrogen) atoms. The van der Waals surface area contributed by atoms with Crippen LogP contribution in [-0.2, 0) is 4.74 Å². The maximum Gasteiger partial charge on any atom is 0.0615 e. The van der Waals surface area contributed by atoms with Crippen molar-refractivity contribution in [2.75, 3.05) is 33.4 Å². The summed E-state index contributed by atoms with van der Waals surface area (Å²) in [5.41, 5.74) is 0. The number of ether oxygens (including phenoxy) is 1. The molecule has 0 bridgehead atoms. The summed E-state index contributed by atoms with van der Waals surface area (Å²) in [5.74, 6) is 0. The van der Waals surface area contributed by atoms with Crippen molar-refractivity contribution >= 4 is 0 Å². The van der Waals surface area contributed by atoms with Gasteiger partial charge in [-0.3, -0.25) is 4.90 Å². The molecule has 0 radical (unpaired) electrons. The molecule has 0 aliphatic rings. The van der Waals surface area contributed by atoms with E-state index in [-0.39, 0.29) is 0 Å². The Morgan fingerprint density at radius 1 is 1.25 bits per heavy atom. The second-order valence-electron chi connectivity index (χ2n) is 4.40. The molecule has 2 atom stereocenters. The highest BCUT2D eigenvalue weighted by Gasteiger charge is 2.20. The van der Waals surface area contributed by atoms with E-state index in [4.69, 9.17) is 4.74 Å². The number of hydrogen-bond acceptors (Lipinski definition) is 3. The van der Waals surface area contributed by atoms with Crippen molar-refractivity contribution < 1.29 is 4.74 Å². The summed E-state index contributed by atoms with van der Waals surface area (Å²) in [6, 6.07) is 1.13. The van der Waals surface area contributed by atoms with E-state index in [1.54, 1.807) is 7.11 Å². The second-order valence-corrected chi connectivity index (χ2v) is 4.40. The summed E-state index contributed by atoms with van der Waals surface area (Å²) in [6.45, 7) is 13.1. The number of methoxy groups -OCH3 is 1. The molecule has 0 heterocycles. The van der Waals surface area contributed by atoms with Crippen molar-refractivity contribution in [3.05, 3.63) is 0 Å². The van der Waals surface area contributed by atoms with Crippen molar-refractivity contribution in [3.63, 3.8) is 0 Å². The number of rotatable bonds is 10. The Labute approximate surface area is 102 Å². The highest BCUT2D eigenvalue weighted by Crippen LogP contribution is 2.08. The molecule has 0 aliphatic heterocycles. The van der Waals surface area contributed by atoms with Gasteiger partial charge in [0.05, 0.1) is 6.61 Å². The SMILES string of the molecule is CCCNCC(CC)N(CC)C(C)COC. The lowest BCUT2D eigenvalue weighted by atomic mass is 10.1. The van der Waals surface area contributed by atoms with Crippen LogP contribution in [0.2, 0.25) is 0 Å². The third-order valence-corrected chi connectivity index (χ3v) is 3.09. The van der Waals surface area contributed by atoms with E-state index in [1.165, 1.54) is 12.8 Å². The number of nitrogens with zero attached hydrogens (tertiary/aromatic N) is 1. The fraction of sp³-hybridized carbons (Fsp3) is 1.00. The minimum atomic E-state index is 0.503. The van der Waals surface area contributed by atoms with Crippen molar-refractivity contribution in [2.24, 2.45) is 0 Å². The molecule has 98 valence electrons. The first-order valence-electron chi connectivity index (χ1n) is 6.66. The zero-order chi connectivity index (χ0) is 12.4. The van der Waals surface area contributed by atoms with Gasteiger partial charge in [-0.15, -0.1) is 0 Å². The zero-order valence-electron chi connectivity index (χ0n) is 11.8. The van der Waals surface area contributed by atoms with Crippen LogP contribution >= 0.6 is 0 Å². The van der Waals surface area contributed by atoms with Crippen molar-refractivity contribution in [1.82, 2.24) is 10.2 Å². The molecule has 0 aliphatic carbocycles. The Morgan fingerprint density at radius 2 is 1.94 bits per heavy atom. The summed E-state index contributed by atoms with van der Waals surface area (Å²) >= 11 is 0. The van der Waals surface area contributed by atoms with E-state index < -0.39 is 0 Å². The molecular formula is C13H30N2O. The lowest BCUT2D eigenvalue weighted by Crippen LogP contribution is -2.48. The van der Waals surface area contributed by atoms with E-state index >= 15 is 0 Å². The van der Waals surface area contributed by atoms with E-state index in [2.05, 4.69) is 37.9 Å². The fourth-order valence-corrected chi connectivity index (χ4v) is 2.21. The van der Waals surface area contributed by atoms with Crippen molar-refractivity contribution in [1.29, 1.82) is 0 Å². The fourth-order valence-electron chi connectivity index (χ4n) is 2.21. The first-order valence-corrected chi connectivity index (χ1v) is 6.66. The molecule has 0 aromatic rings. The minimum absolute atomic E-state index is 0.503. The molecule has 3 nitrogen and oxygen atoms in total. The highest BCUT2D eigenvalue weighted by molar-refractivity contribution is 4.76. The van der Waals surface area contributed by atoms with Gasteiger partial charge >= 0.3 is 0 Å². The topological polar surface area (TPSA) is 24.5 Å². The maximum atomic E-state index is 5.24. The summed E-state index contributed by atoms with van der Waals surface area (Å²) in [6.07, 6.45) is 2.40. The second kappa shape index (κ2) is 10.1. The van der Waals surface area contributed by atoms with Crippen LogP contribution in [0.1, 0.15) is 40.5 Å². The molecule has 0 aromatic carbocycles. The summed E-state index contributed by atoms with van der Waals surface area (Å²) in [5, 5.41) is 3.52. The third-order valence-electron chi connectivity index (χ3n) is 3.09. The van der Waals surface area contributed by atoms with Crippen LogP contribution in [0, 0.1) is 0 Å². The molecule has 0 aromatic heterocycles. The smallest absolute Gasteiger partial charge is 0.0615 e. The van der Waals surface area contributed by atoms with Gasteiger partial charge in [0.15, 0.2) is 0 Å². The lowest BCUT2D eigenvalue weighted by Gasteiger charge is -2.35. The van der Waals surface area contributed by atoms with Gasteiger partial charge < -0.3 is 10.1 Å². The van der Waals surface area contributed by atoms with Crippen molar-refractivity contribution in [3.8, 4) is 0 Å². The quantitative estimate of drug-likeness (QED) is 0.582. The van der Waals surface area contributed by atoms with Crippen molar-refractivity contribution in [2.45, 2.75) is 52.6 Å². The standard InChI is InChI=1S/C13H30N2O/c1-6-9-14-10-13(7-2)15(8-3)12(4)11-16-5/h12-14H,6-11H2,1-5H3. The number of hydrogen-bond donors (Lipinski definition) is 1. The molecule has 0 fully saturated rings. The van der Waals surface area contributed by atoms with Gasteiger partial charge in [-0.2, -0.15) is 0 Å². The molecule has 0 rings (SSSR count). The molecule has 0 amide bonds.